The van der Waals surface area contributed by atoms with Gasteiger partial charge in [0.2, 0.25) is 0 Å². The van der Waals surface area contributed by atoms with Gasteiger partial charge in [-0.3, -0.25) is 4.79 Å². The van der Waals surface area contributed by atoms with Gasteiger partial charge in [-0.05, 0) is 61.3 Å². The third-order valence-corrected chi connectivity index (χ3v) is 6.98. The van der Waals surface area contributed by atoms with Crippen LogP contribution >= 0.6 is 23.7 Å². The molecular weight excluding hydrogens is 352 g/mol. The maximum atomic E-state index is 12.8. The van der Waals surface area contributed by atoms with E-state index in [1.165, 1.54) is 34.4 Å². The molecule has 1 aromatic heterocycles. The number of hydrogen-bond acceptors (Lipinski definition) is 3. The maximum absolute atomic E-state index is 12.8. The molecule has 2 bridgehead atoms. The fraction of sp³-hybridized carbons (Fsp3) is 0.450. The Morgan fingerprint density at radius 1 is 1.08 bits per heavy atom. The van der Waals surface area contributed by atoms with Crippen LogP contribution in [0.15, 0.2) is 30.3 Å². The Bertz CT molecular complexity index is 791. The molecule has 5 rings (SSSR count). The highest BCUT2D eigenvalue weighted by Gasteiger charge is 2.34. The molecule has 2 saturated heterocycles. The van der Waals surface area contributed by atoms with Gasteiger partial charge in [0, 0.05) is 23.0 Å². The van der Waals surface area contributed by atoms with Gasteiger partial charge in [-0.1, -0.05) is 24.3 Å². The third kappa shape index (κ3) is 3.12. The van der Waals surface area contributed by atoms with Crippen molar-refractivity contribution < 1.29 is 4.79 Å². The topological polar surface area (TPSA) is 41.1 Å². The fourth-order valence-corrected chi connectivity index (χ4v) is 5.79. The molecule has 25 heavy (non-hydrogen) atoms. The number of fused-ring (bicyclic) bond motifs is 5. The number of amides is 1. The first-order chi connectivity index (χ1) is 11.8. The minimum atomic E-state index is 0. The number of halogens is 1. The Morgan fingerprint density at radius 3 is 2.60 bits per heavy atom. The average molecular weight is 375 g/mol. The average Bonchev–Trinajstić information content (AvgIpc) is 3.18. The lowest BCUT2D eigenvalue weighted by molar-refractivity contribution is 0.0928. The second-order valence-corrected chi connectivity index (χ2v) is 8.45. The summed E-state index contributed by atoms with van der Waals surface area (Å²) in [6, 6.07) is 12.3. The number of piperidine rings is 1. The van der Waals surface area contributed by atoms with Crippen molar-refractivity contribution in [1.29, 1.82) is 0 Å². The van der Waals surface area contributed by atoms with Gasteiger partial charge in [-0.2, -0.15) is 0 Å². The van der Waals surface area contributed by atoms with Crippen molar-refractivity contribution in [2.45, 2.75) is 56.7 Å². The first kappa shape index (κ1) is 17.1. The normalized spacial score (nSPS) is 26.3. The van der Waals surface area contributed by atoms with Crippen LogP contribution in [0.5, 0.6) is 0 Å². The van der Waals surface area contributed by atoms with Gasteiger partial charge in [-0.25, -0.2) is 0 Å². The van der Waals surface area contributed by atoms with Gasteiger partial charge in [0.15, 0.2) is 0 Å². The van der Waals surface area contributed by atoms with E-state index >= 15 is 0 Å². The zero-order valence-corrected chi connectivity index (χ0v) is 15.7. The molecule has 0 radical (unpaired) electrons. The summed E-state index contributed by atoms with van der Waals surface area (Å²) in [6.07, 6.45) is 6.82. The van der Waals surface area contributed by atoms with Gasteiger partial charge in [0.05, 0.1) is 4.88 Å². The summed E-state index contributed by atoms with van der Waals surface area (Å²) in [5.74, 6) is 0.123. The number of hydrogen-bond donors (Lipinski definition) is 2. The zero-order valence-electron chi connectivity index (χ0n) is 14.1. The summed E-state index contributed by atoms with van der Waals surface area (Å²) < 4.78 is 0. The van der Waals surface area contributed by atoms with Crippen LogP contribution < -0.4 is 10.6 Å². The van der Waals surface area contributed by atoms with Gasteiger partial charge >= 0.3 is 0 Å². The molecule has 2 fully saturated rings. The van der Waals surface area contributed by atoms with Crippen molar-refractivity contribution in [3.63, 3.8) is 0 Å². The van der Waals surface area contributed by atoms with Crippen LogP contribution in [0.3, 0.4) is 0 Å². The van der Waals surface area contributed by atoms with E-state index < -0.39 is 0 Å². The molecule has 3 aliphatic rings. The summed E-state index contributed by atoms with van der Waals surface area (Å²) in [6.45, 7) is 0. The SMILES string of the molecule is Cl.O=C(NC1CC2CCC(C1)N2)c1cc2c(s1)-c1ccccc1CC2. The van der Waals surface area contributed by atoms with Crippen molar-refractivity contribution in [2.75, 3.05) is 0 Å². The predicted octanol–water partition coefficient (Wildman–Crippen LogP) is 3.95. The van der Waals surface area contributed by atoms with Crippen molar-refractivity contribution >= 4 is 29.7 Å². The lowest BCUT2D eigenvalue weighted by Gasteiger charge is -2.29. The Hall–Kier alpha value is -1.36. The van der Waals surface area contributed by atoms with Gasteiger partial charge in [-0.15, -0.1) is 23.7 Å². The Balaban J connectivity index is 0.00000157. The van der Waals surface area contributed by atoms with Crippen molar-refractivity contribution in [3.8, 4) is 10.4 Å². The standard InChI is InChI=1S/C20H22N2OS.ClH/c23-20(22-16-10-14-7-8-15(11-16)21-14)18-9-13-6-5-12-3-1-2-4-17(12)19(13)24-18;/h1-4,9,14-16,21H,5-8,10-11H2,(H,22,23);1H. The first-order valence-electron chi connectivity index (χ1n) is 9.04. The van der Waals surface area contributed by atoms with Crippen LogP contribution in [0, 0.1) is 0 Å². The second-order valence-electron chi connectivity index (χ2n) is 7.40. The molecule has 132 valence electrons. The van der Waals surface area contributed by atoms with E-state index in [1.807, 2.05) is 0 Å². The third-order valence-electron chi connectivity index (χ3n) is 5.77. The minimum absolute atomic E-state index is 0. The van der Waals surface area contributed by atoms with Gasteiger partial charge in [0.25, 0.3) is 5.91 Å². The molecular formula is C20H23ClN2OS. The van der Waals surface area contributed by atoms with Crippen molar-refractivity contribution in [2.24, 2.45) is 0 Å². The molecule has 2 unspecified atom stereocenters. The van der Waals surface area contributed by atoms with E-state index in [0.717, 1.165) is 30.6 Å². The number of aryl methyl sites for hydroxylation is 2. The quantitative estimate of drug-likeness (QED) is 0.835. The molecule has 2 N–H and O–H groups in total. The van der Waals surface area contributed by atoms with E-state index in [4.69, 9.17) is 0 Å². The highest BCUT2D eigenvalue weighted by Crippen LogP contribution is 2.39. The van der Waals surface area contributed by atoms with Crippen molar-refractivity contribution in [1.82, 2.24) is 10.6 Å². The number of rotatable bonds is 2. The Kier molecular flexibility index (Phi) is 4.61. The van der Waals surface area contributed by atoms with Crippen LogP contribution in [-0.2, 0) is 12.8 Å². The summed E-state index contributed by atoms with van der Waals surface area (Å²) >= 11 is 1.66. The zero-order chi connectivity index (χ0) is 16.1. The van der Waals surface area contributed by atoms with E-state index in [1.54, 1.807) is 11.3 Å². The number of nitrogens with one attached hydrogen (secondary N) is 2. The lowest BCUT2D eigenvalue weighted by atomic mass is 9.91. The fourth-order valence-electron chi connectivity index (χ4n) is 4.62. The summed E-state index contributed by atoms with van der Waals surface area (Å²) in [4.78, 5) is 14.9. The first-order valence-corrected chi connectivity index (χ1v) is 9.86. The summed E-state index contributed by atoms with van der Waals surface area (Å²) in [5.41, 5.74) is 4.07. The molecule has 3 heterocycles. The largest absolute Gasteiger partial charge is 0.348 e. The molecule has 5 heteroatoms. The molecule has 2 aromatic rings. The van der Waals surface area contributed by atoms with Crippen molar-refractivity contribution in [3.05, 3.63) is 46.3 Å². The predicted molar refractivity (Wildman–Crippen MR) is 105 cm³/mol. The molecule has 1 amide bonds. The highest BCUT2D eigenvalue weighted by molar-refractivity contribution is 7.17. The molecule has 2 atom stereocenters. The highest BCUT2D eigenvalue weighted by atomic mass is 35.5. The molecule has 0 saturated carbocycles. The second kappa shape index (κ2) is 6.75. The number of carbonyl (C=O) groups is 1. The van der Waals surface area contributed by atoms with E-state index in [-0.39, 0.29) is 18.3 Å². The number of thiophene rings is 1. The van der Waals surface area contributed by atoms with Crippen LogP contribution in [0.4, 0.5) is 0 Å². The van der Waals surface area contributed by atoms with E-state index in [0.29, 0.717) is 18.1 Å². The monoisotopic (exact) mass is 374 g/mol. The Morgan fingerprint density at radius 2 is 1.80 bits per heavy atom. The molecule has 0 spiro atoms. The van der Waals surface area contributed by atoms with Gasteiger partial charge in [0.1, 0.15) is 0 Å². The molecule has 2 aliphatic heterocycles. The maximum Gasteiger partial charge on any atom is 0.261 e. The van der Waals surface area contributed by atoms with Crippen LogP contribution in [0.1, 0.15) is 46.5 Å². The smallest absolute Gasteiger partial charge is 0.261 e. The summed E-state index contributed by atoms with van der Waals surface area (Å²) in [5, 5.41) is 6.94. The molecule has 1 aromatic carbocycles. The lowest BCUT2D eigenvalue weighted by Crippen LogP contribution is -2.47. The van der Waals surface area contributed by atoms with Crippen LogP contribution in [0.25, 0.3) is 10.4 Å². The van der Waals surface area contributed by atoms with E-state index in [9.17, 15) is 4.79 Å². The van der Waals surface area contributed by atoms with Crippen LogP contribution in [0.2, 0.25) is 0 Å². The molecule has 1 aliphatic carbocycles. The number of carbonyl (C=O) groups excluding carboxylic acids is 1. The Labute approximate surface area is 158 Å². The molecule has 3 nitrogen and oxygen atoms in total. The van der Waals surface area contributed by atoms with Crippen LogP contribution in [-0.4, -0.2) is 24.0 Å². The van der Waals surface area contributed by atoms with E-state index in [2.05, 4.69) is 41.0 Å². The minimum Gasteiger partial charge on any atom is -0.348 e. The van der Waals surface area contributed by atoms with Gasteiger partial charge < -0.3 is 10.6 Å². The number of benzene rings is 1. The summed E-state index contributed by atoms with van der Waals surface area (Å²) in [7, 11) is 0.